The Kier molecular flexibility index (Phi) is 4.73. The SMILES string of the molecule is COC(=O)c1c(O)cc(=O)n(Cc2ccc(C(F)(F)F)cc2F)c1O. The predicted molar refractivity (Wildman–Crippen MR) is 75.9 cm³/mol. The minimum absolute atomic E-state index is 0.249. The minimum atomic E-state index is -4.74. The Morgan fingerprint density at radius 2 is 1.88 bits per heavy atom. The molecule has 2 rings (SSSR count). The summed E-state index contributed by atoms with van der Waals surface area (Å²) in [5.74, 6) is -4.26. The number of carbonyl (C=O) groups is 1. The molecule has 0 fully saturated rings. The molecule has 2 N–H and O–H groups in total. The summed E-state index contributed by atoms with van der Waals surface area (Å²) in [5.41, 5.74) is -3.28. The van der Waals surface area contributed by atoms with E-state index >= 15 is 0 Å². The third-order valence-electron chi connectivity index (χ3n) is 3.36. The van der Waals surface area contributed by atoms with Gasteiger partial charge in [-0.2, -0.15) is 13.2 Å². The van der Waals surface area contributed by atoms with Gasteiger partial charge >= 0.3 is 12.1 Å². The second-order valence-electron chi connectivity index (χ2n) is 4.95. The molecule has 0 saturated carbocycles. The van der Waals surface area contributed by atoms with Gasteiger partial charge in [0.05, 0.1) is 19.2 Å². The second-order valence-corrected chi connectivity index (χ2v) is 4.95. The fourth-order valence-electron chi connectivity index (χ4n) is 2.09. The van der Waals surface area contributed by atoms with E-state index in [1.807, 2.05) is 0 Å². The van der Waals surface area contributed by atoms with Crippen LogP contribution in [0, 0.1) is 5.82 Å². The van der Waals surface area contributed by atoms with Crippen LogP contribution in [0.1, 0.15) is 21.5 Å². The average Bonchev–Trinajstić information content (AvgIpc) is 2.51. The van der Waals surface area contributed by atoms with Gasteiger partial charge in [-0.25, -0.2) is 9.18 Å². The number of alkyl halides is 3. The summed E-state index contributed by atoms with van der Waals surface area (Å²) in [5, 5.41) is 19.6. The molecule has 10 heteroatoms. The zero-order valence-electron chi connectivity index (χ0n) is 12.6. The van der Waals surface area contributed by atoms with Gasteiger partial charge in [0.1, 0.15) is 11.6 Å². The standard InChI is InChI=1S/C15H11F4NO5/c1-25-14(24)12-10(21)5-11(22)20(13(12)23)6-7-2-3-8(4-9(7)16)15(17,18)19/h2-5,21,23H,6H2,1H3. The zero-order valence-corrected chi connectivity index (χ0v) is 12.6. The maximum atomic E-state index is 13.9. The number of aromatic nitrogens is 1. The number of hydrogen-bond donors (Lipinski definition) is 2. The van der Waals surface area contributed by atoms with Gasteiger partial charge in [0.2, 0.25) is 5.88 Å². The Morgan fingerprint density at radius 3 is 2.40 bits per heavy atom. The summed E-state index contributed by atoms with van der Waals surface area (Å²) in [6, 6.07) is 2.25. The molecule has 134 valence electrons. The maximum Gasteiger partial charge on any atom is 0.416 e. The number of carbonyl (C=O) groups excluding carboxylic acids is 1. The average molecular weight is 361 g/mol. The van der Waals surface area contributed by atoms with Gasteiger partial charge in [-0.05, 0) is 12.1 Å². The van der Waals surface area contributed by atoms with Gasteiger partial charge in [0.25, 0.3) is 5.56 Å². The van der Waals surface area contributed by atoms with Crippen LogP contribution in [-0.4, -0.2) is 27.9 Å². The highest BCUT2D eigenvalue weighted by Crippen LogP contribution is 2.31. The van der Waals surface area contributed by atoms with Crippen LogP contribution >= 0.6 is 0 Å². The van der Waals surface area contributed by atoms with Gasteiger partial charge in [0, 0.05) is 11.6 Å². The summed E-state index contributed by atoms with van der Waals surface area (Å²) in [6.45, 7) is -0.668. The fraction of sp³-hybridized carbons (Fsp3) is 0.200. The highest BCUT2D eigenvalue weighted by molar-refractivity contribution is 5.94. The number of nitrogens with zero attached hydrogens (tertiary/aromatic N) is 1. The summed E-state index contributed by atoms with van der Waals surface area (Å²) in [4.78, 5) is 23.4. The van der Waals surface area contributed by atoms with Crippen molar-refractivity contribution in [1.29, 1.82) is 0 Å². The Balaban J connectivity index is 2.51. The Bertz CT molecular complexity index is 889. The van der Waals surface area contributed by atoms with Crippen molar-refractivity contribution in [2.24, 2.45) is 0 Å². The van der Waals surface area contributed by atoms with Gasteiger partial charge in [-0.1, -0.05) is 6.07 Å². The maximum absolute atomic E-state index is 13.9. The number of aromatic hydroxyl groups is 2. The summed E-state index contributed by atoms with van der Waals surface area (Å²) in [7, 11) is 0.964. The van der Waals surface area contributed by atoms with Crippen LogP contribution in [0.15, 0.2) is 29.1 Å². The molecule has 0 spiro atoms. The number of esters is 1. The molecule has 0 aliphatic rings. The monoisotopic (exact) mass is 361 g/mol. The smallest absolute Gasteiger partial charge is 0.416 e. The molecule has 0 aliphatic heterocycles. The largest absolute Gasteiger partial charge is 0.507 e. The fourth-order valence-corrected chi connectivity index (χ4v) is 2.09. The van der Waals surface area contributed by atoms with Crippen molar-refractivity contribution in [3.05, 3.63) is 57.1 Å². The van der Waals surface area contributed by atoms with E-state index in [0.29, 0.717) is 16.7 Å². The van der Waals surface area contributed by atoms with Crippen LogP contribution < -0.4 is 5.56 Å². The third kappa shape index (κ3) is 3.57. The first-order valence-electron chi connectivity index (χ1n) is 6.66. The molecular formula is C15H11F4NO5. The summed E-state index contributed by atoms with van der Waals surface area (Å²) < 4.78 is 56.4. The lowest BCUT2D eigenvalue weighted by Crippen LogP contribution is -2.23. The van der Waals surface area contributed by atoms with Gasteiger partial charge in [-0.3, -0.25) is 9.36 Å². The van der Waals surface area contributed by atoms with E-state index in [1.165, 1.54) is 0 Å². The van der Waals surface area contributed by atoms with Gasteiger partial charge in [0.15, 0.2) is 5.56 Å². The number of rotatable bonds is 3. The number of ether oxygens (including phenoxy) is 1. The van der Waals surface area contributed by atoms with E-state index < -0.39 is 52.8 Å². The molecule has 0 atom stereocenters. The molecule has 1 heterocycles. The van der Waals surface area contributed by atoms with E-state index in [9.17, 15) is 37.4 Å². The lowest BCUT2D eigenvalue weighted by atomic mass is 10.1. The van der Waals surface area contributed by atoms with Crippen molar-refractivity contribution in [3.63, 3.8) is 0 Å². The van der Waals surface area contributed by atoms with Crippen molar-refractivity contribution in [1.82, 2.24) is 4.57 Å². The summed E-state index contributed by atoms with van der Waals surface area (Å²) >= 11 is 0. The number of hydrogen-bond acceptors (Lipinski definition) is 5. The highest BCUT2D eigenvalue weighted by Gasteiger charge is 2.31. The first-order valence-corrected chi connectivity index (χ1v) is 6.66. The van der Waals surface area contributed by atoms with E-state index in [1.54, 1.807) is 0 Å². The topological polar surface area (TPSA) is 88.8 Å². The minimum Gasteiger partial charge on any atom is -0.507 e. The first-order chi connectivity index (χ1) is 11.6. The molecule has 25 heavy (non-hydrogen) atoms. The van der Waals surface area contributed by atoms with Crippen LogP contribution in [0.5, 0.6) is 11.6 Å². The molecule has 0 radical (unpaired) electrons. The van der Waals surface area contributed by atoms with E-state index in [4.69, 9.17) is 0 Å². The van der Waals surface area contributed by atoms with Crippen LogP contribution in [0.3, 0.4) is 0 Å². The van der Waals surface area contributed by atoms with Crippen LogP contribution in [0.4, 0.5) is 17.6 Å². The Morgan fingerprint density at radius 1 is 1.24 bits per heavy atom. The Hall–Kier alpha value is -3.04. The second kappa shape index (κ2) is 6.46. The molecule has 2 aromatic rings. The van der Waals surface area contributed by atoms with Gasteiger partial charge in [-0.15, -0.1) is 0 Å². The molecule has 1 aromatic carbocycles. The molecule has 0 unspecified atom stereocenters. The molecule has 1 aromatic heterocycles. The lowest BCUT2D eigenvalue weighted by molar-refractivity contribution is -0.137. The zero-order chi connectivity index (χ0) is 18.9. The lowest BCUT2D eigenvalue weighted by Gasteiger charge is -2.14. The quantitative estimate of drug-likeness (QED) is 0.647. The predicted octanol–water partition coefficient (Wildman–Crippen LogP) is 2.25. The normalized spacial score (nSPS) is 11.4. The van der Waals surface area contributed by atoms with E-state index in [0.717, 1.165) is 13.2 Å². The van der Waals surface area contributed by atoms with E-state index in [2.05, 4.69) is 4.74 Å². The molecule has 0 amide bonds. The molecular weight excluding hydrogens is 350 g/mol. The molecule has 0 aliphatic carbocycles. The Labute approximate surface area is 137 Å². The number of benzene rings is 1. The number of pyridine rings is 1. The number of halogens is 4. The molecule has 0 saturated heterocycles. The summed E-state index contributed by atoms with van der Waals surface area (Å²) in [6.07, 6.45) is -4.74. The van der Waals surface area contributed by atoms with Crippen LogP contribution in [0.2, 0.25) is 0 Å². The molecule has 6 nitrogen and oxygen atoms in total. The highest BCUT2D eigenvalue weighted by atomic mass is 19.4. The van der Waals surface area contributed by atoms with Crippen molar-refractivity contribution >= 4 is 5.97 Å². The molecule has 0 bridgehead atoms. The number of methoxy groups -OCH3 is 1. The van der Waals surface area contributed by atoms with Crippen molar-refractivity contribution in [3.8, 4) is 11.6 Å². The van der Waals surface area contributed by atoms with Crippen molar-refractivity contribution in [2.45, 2.75) is 12.7 Å². The first kappa shape index (κ1) is 18.3. The van der Waals surface area contributed by atoms with E-state index in [-0.39, 0.29) is 11.6 Å². The third-order valence-corrected chi connectivity index (χ3v) is 3.36. The van der Waals surface area contributed by atoms with Crippen molar-refractivity contribution < 1.29 is 37.3 Å². The van der Waals surface area contributed by atoms with Crippen LogP contribution in [0.25, 0.3) is 0 Å². The van der Waals surface area contributed by atoms with Crippen molar-refractivity contribution in [2.75, 3.05) is 7.11 Å². The van der Waals surface area contributed by atoms with Crippen LogP contribution in [-0.2, 0) is 17.5 Å². The van der Waals surface area contributed by atoms with Gasteiger partial charge < -0.3 is 14.9 Å².